The third-order valence-electron chi connectivity index (χ3n) is 8.63. The van der Waals surface area contributed by atoms with Gasteiger partial charge < -0.3 is 9.30 Å². The van der Waals surface area contributed by atoms with E-state index in [1.54, 1.807) is 0 Å². The lowest BCUT2D eigenvalue weighted by molar-refractivity contribution is 1.20. The van der Waals surface area contributed by atoms with E-state index in [0.717, 1.165) is 17.1 Å². The van der Waals surface area contributed by atoms with Gasteiger partial charge in [-0.25, -0.2) is 0 Å². The van der Waals surface area contributed by atoms with Crippen LogP contribution in [0.1, 0.15) is 0 Å². The number of aromatic nitrogens is 1. The lowest BCUT2D eigenvalue weighted by Crippen LogP contribution is -2.09. The van der Waals surface area contributed by atoms with Crippen LogP contribution in [0.4, 0.5) is 17.1 Å². The minimum absolute atomic E-state index is 1.12. The van der Waals surface area contributed by atoms with Crippen LogP contribution in [0.25, 0.3) is 50.2 Å². The predicted molar refractivity (Wildman–Crippen MR) is 194 cm³/mol. The van der Waals surface area contributed by atoms with Gasteiger partial charge in [0.1, 0.15) is 0 Å². The molecule has 0 aliphatic rings. The molecule has 0 saturated carbocycles. The van der Waals surface area contributed by atoms with E-state index in [0.29, 0.717) is 0 Å². The summed E-state index contributed by atoms with van der Waals surface area (Å²) in [5.41, 5.74) is 14.2. The van der Waals surface area contributed by atoms with E-state index in [9.17, 15) is 0 Å². The Kier molecular flexibility index (Phi) is 7.22. The van der Waals surface area contributed by atoms with Gasteiger partial charge in [-0.3, -0.25) is 0 Å². The highest BCUT2D eigenvalue weighted by Crippen LogP contribution is 2.38. The van der Waals surface area contributed by atoms with Gasteiger partial charge in [-0.15, -0.1) is 0 Å². The van der Waals surface area contributed by atoms with Crippen LogP contribution in [0.2, 0.25) is 0 Å². The van der Waals surface area contributed by atoms with Crippen molar-refractivity contribution in [3.63, 3.8) is 0 Å². The zero-order valence-electron chi connectivity index (χ0n) is 25.4. The van der Waals surface area contributed by atoms with Gasteiger partial charge in [0.15, 0.2) is 0 Å². The Morgan fingerprint density at radius 1 is 0.326 bits per heavy atom. The van der Waals surface area contributed by atoms with E-state index in [1.807, 2.05) is 0 Å². The summed E-state index contributed by atoms with van der Waals surface area (Å²) < 4.78 is 2.29. The Labute approximate surface area is 270 Å². The molecule has 2 nitrogen and oxygen atoms in total. The molecule has 2 aromatic heterocycles. The zero-order valence-corrected chi connectivity index (χ0v) is 25.4. The molecule has 8 rings (SSSR count). The molecule has 0 aliphatic carbocycles. The molecule has 218 valence electrons. The van der Waals surface area contributed by atoms with E-state index >= 15 is 0 Å². The highest BCUT2D eigenvalue weighted by atomic mass is 15.1. The lowest BCUT2D eigenvalue weighted by Gasteiger charge is -2.26. The van der Waals surface area contributed by atoms with Gasteiger partial charge in [-0.1, -0.05) is 133 Å². The standard InChI is InChI=1S/C44H32N2/c1-4-12-33(13-5-1)35-23-27-40(28-24-35)46(39-16-8-3-9-17-39)41-29-25-36(26-30-41)34-19-21-38(22-20-34)44-43(37-14-6-2-7-15-37)32-42-18-10-11-31-45(42)44/h1-32H. The van der Waals surface area contributed by atoms with Crippen LogP contribution in [0.15, 0.2) is 194 Å². The molecule has 0 radical (unpaired) electrons. The van der Waals surface area contributed by atoms with Crippen molar-refractivity contribution >= 4 is 22.6 Å². The topological polar surface area (TPSA) is 7.65 Å². The summed E-state index contributed by atoms with van der Waals surface area (Å²) in [6.45, 7) is 0. The van der Waals surface area contributed by atoms with Crippen LogP contribution in [0.5, 0.6) is 0 Å². The van der Waals surface area contributed by atoms with Crippen molar-refractivity contribution in [3.05, 3.63) is 194 Å². The molecule has 46 heavy (non-hydrogen) atoms. The first-order valence-electron chi connectivity index (χ1n) is 15.7. The van der Waals surface area contributed by atoms with Crippen molar-refractivity contribution in [3.8, 4) is 44.6 Å². The fourth-order valence-electron chi connectivity index (χ4n) is 6.34. The first-order chi connectivity index (χ1) is 22.8. The summed E-state index contributed by atoms with van der Waals surface area (Å²) in [7, 11) is 0. The Morgan fingerprint density at radius 3 is 1.30 bits per heavy atom. The summed E-state index contributed by atoms with van der Waals surface area (Å²) in [5, 5.41) is 0. The number of hydrogen-bond donors (Lipinski definition) is 0. The fourth-order valence-corrected chi connectivity index (χ4v) is 6.34. The summed E-state index contributed by atoms with van der Waals surface area (Å²) in [6, 6.07) is 67.0. The maximum Gasteiger partial charge on any atom is 0.0607 e. The third kappa shape index (κ3) is 5.27. The molecule has 0 aliphatic heterocycles. The van der Waals surface area contributed by atoms with Crippen molar-refractivity contribution in [1.29, 1.82) is 0 Å². The number of pyridine rings is 1. The predicted octanol–water partition coefficient (Wildman–Crippen LogP) is 12.1. The van der Waals surface area contributed by atoms with Crippen LogP contribution in [-0.2, 0) is 0 Å². The highest BCUT2D eigenvalue weighted by Gasteiger charge is 2.15. The fraction of sp³-hybridized carbons (Fsp3) is 0. The summed E-state index contributed by atoms with van der Waals surface area (Å²) >= 11 is 0. The Balaban J connectivity index is 1.11. The summed E-state index contributed by atoms with van der Waals surface area (Å²) in [4.78, 5) is 2.31. The summed E-state index contributed by atoms with van der Waals surface area (Å²) in [5.74, 6) is 0. The van der Waals surface area contributed by atoms with Crippen molar-refractivity contribution in [2.45, 2.75) is 0 Å². The molecular formula is C44H32N2. The first kappa shape index (κ1) is 27.4. The van der Waals surface area contributed by atoms with E-state index < -0.39 is 0 Å². The van der Waals surface area contributed by atoms with Gasteiger partial charge in [0.05, 0.1) is 5.69 Å². The van der Waals surface area contributed by atoms with Crippen molar-refractivity contribution < 1.29 is 0 Å². The SMILES string of the molecule is c1ccc(-c2ccc(N(c3ccccc3)c3ccc(-c4ccc(-c5c(-c6ccccc6)cc6ccccn56)cc4)cc3)cc2)cc1. The van der Waals surface area contributed by atoms with Crippen LogP contribution < -0.4 is 4.90 Å². The monoisotopic (exact) mass is 588 g/mol. The minimum atomic E-state index is 1.12. The molecule has 0 atom stereocenters. The molecule has 0 saturated heterocycles. The normalized spacial score (nSPS) is 11.0. The first-order valence-corrected chi connectivity index (χ1v) is 15.7. The van der Waals surface area contributed by atoms with Crippen LogP contribution >= 0.6 is 0 Å². The van der Waals surface area contributed by atoms with Gasteiger partial charge in [-0.2, -0.15) is 0 Å². The molecule has 0 fully saturated rings. The van der Waals surface area contributed by atoms with Gasteiger partial charge >= 0.3 is 0 Å². The van der Waals surface area contributed by atoms with E-state index in [2.05, 4.69) is 204 Å². The molecule has 6 aromatic carbocycles. The number of rotatable bonds is 7. The van der Waals surface area contributed by atoms with Crippen molar-refractivity contribution in [2.75, 3.05) is 4.90 Å². The van der Waals surface area contributed by atoms with Crippen LogP contribution in [-0.4, -0.2) is 4.40 Å². The second-order valence-electron chi connectivity index (χ2n) is 11.5. The number of hydrogen-bond acceptors (Lipinski definition) is 1. The number of fused-ring (bicyclic) bond motifs is 1. The minimum Gasteiger partial charge on any atom is -0.316 e. The molecule has 2 heterocycles. The lowest BCUT2D eigenvalue weighted by atomic mass is 9.98. The molecule has 0 unspecified atom stereocenters. The van der Waals surface area contributed by atoms with Gasteiger partial charge in [0.2, 0.25) is 0 Å². The van der Waals surface area contributed by atoms with Gasteiger partial charge in [0, 0.05) is 34.3 Å². The Hall–Kier alpha value is -6.12. The quantitative estimate of drug-likeness (QED) is 0.180. The number of benzene rings is 6. The molecular weight excluding hydrogens is 556 g/mol. The van der Waals surface area contributed by atoms with Gasteiger partial charge in [-0.05, 0) is 88.0 Å². The maximum atomic E-state index is 2.31. The molecule has 0 N–H and O–H groups in total. The smallest absolute Gasteiger partial charge is 0.0607 e. The molecule has 0 spiro atoms. The Morgan fingerprint density at radius 2 is 0.739 bits per heavy atom. The Bertz CT molecular complexity index is 2200. The van der Waals surface area contributed by atoms with Gasteiger partial charge in [0.25, 0.3) is 0 Å². The average molecular weight is 589 g/mol. The van der Waals surface area contributed by atoms with Crippen LogP contribution in [0, 0.1) is 0 Å². The largest absolute Gasteiger partial charge is 0.316 e. The summed E-state index contributed by atoms with van der Waals surface area (Å²) in [6.07, 6.45) is 2.15. The third-order valence-corrected chi connectivity index (χ3v) is 8.63. The molecule has 0 amide bonds. The number of anilines is 3. The molecule has 8 aromatic rings. The molecule has 0 bridgehead atoms. The average Bonchev–Trinajstić information content (AvgIpc) is 3.53. The second kappa shape index (κ2) is 12.1. The van der Waals surface area contributed by atoms with E-state index in [1.165, 1.54) is 50.2 Å². The highest BCUT2D eigenvalue weighted by molar-refractivity contribution is 5.88. The maximum absolute atomic E-state index is 2.31. The van der Waals surface area contributed by atoms with E-state index in [-0.39, 0.29) is 0 Å². The second-order valence-corrected chi connectivity index (χ2v) is 11.5. The zero-order chi connectivity index (χ0) is 30.7. The van der Waals surface area contributed by atoms with Crippen LogP contribution in [0.3, 0.4) is 0 Å². The number of nitrogens with zero attached hydrogens (tertiary/aromatic N) is 2. The van der Waals surface area contributed by atoms with E-state index in [4.69, 9.17) is 0 Å². The van der Waals surface area contributed by atoms with Crippen molar-refractivity contribution in [2.24, 2.45) is 0 Å². The number of para-hydroxylation sites is 1. The van der Waals surface area contributed by atoms with Crippen molar-refractivity contribution in [1.82, 2.24) is 4.40 Å². The molecule has 2 heteroatoms.